The molecule has 1 aromatic rings. The number of nitrogens with zero attached hydrogens (tertiary/aromatic N) is 1. The summed E-state index contributed by atoms with van der Waals surface area (Å²) in [4.78, 5) is 0. The van der Waals surface area contributed by atoms with Crippen molar-refractivity contribution in [3.8, 4) is 11.8 Å². The second-order valence-corrected chi connectivity index (χ2v) is 6.50. The van der Waals surface area contributed by atoms with Crippen LogP contribution in [0.4, 0.5) is 0 Å². The quantitative estimate of drug-likeness (QED) is 0.736. The summed E-state index contributed by atoms with van der Waals surface area (Å²) >= 11 is 0. The fourth-order valence-electron chi connectivity index (χ4n) is 2.05. The van der Waals surface area contributed by atoms with E-state index in [4.69, 9.17) is 5.26 Å². The second-order valence-electron chi connectivity index (χ2n) is 6.50. The molecule has 0 heterocycles. The zero-order chi connectivity index (χ0) is 13.4. The summed E-state index contributed by atoms with van der Waals surface area (Å²) in [5.74, 6) is 0.268. The van der Waals surface area contributed by atoms with Crippen LogP contribution in [0.3, 0.4) is 0 Å². The lowest BCUT2D eigenvalue weighted by Crippen LogP contribution is -2.18. The predicted octanol–water partition coefficient (Wildman–Crippen LogP) is 3.86. The molecule has 1 rings (SSSR count). The van der Waals surface area contributed by atoms with Crippen LogP contribution >= 0.6 is 0 Å². The molecule has 0 saturated heterocycles. The van der Waals surface area contributed by atoms with Crippen LogP contribution in [0.1, 0.15) is 58.2 Å². The monoisotopic (exact) mass is 231 g/mol. The summed E-state index contributed by atoms with van der Waals surface area (Å²) < 4.78 is 0. The van der Waals surface area contributed by atoms with Crippen molar-refractivity contribution in [2.24, 2.45) is 0 Å². The first-order valence-corrected chi connectivity index (χ1v) is 5.86. The highest BCUT2D eigenvalue weighted by Gasteiger charge is 2.27. The zero-order valence-electron chi connectivity index (χ0n) is 11.5. The van der Waals surface area contributed by atoms with Gasteiger partial charge in [-0.25, -0.2) is 0 Å². The first kappa shape index (κ1) is 13.6. The van der Waals surface area contributed by atoms with Gasteiger partial charge in [0.25, 0.3) is 0 Å². The van der Waals surface area contributed by atoms with Crippen LogP contribution in [-0.2, 0) is 10.8 Å². The maximum Gasteiger partial charge on any atom is 0.124 e. The summed E-state index contributed by atoms with van der Waals surface area (Å²) in [5.41, 5.74) is 1.82. The van der Waals surface area contributed by atoms with Crippen molar-refractivity contribution in [3.63, 3.8) is 0 Å². The standard InChI is InChI=1S/C15H21NO/c1-14(2,3)11-8-7-10(9-16)12(13(11)17)15(4,5)6/h7-8,17H,1-6H3. The minimum absolute atomic E-state index is 0.127. The van der Waals surface area contributed by atoms with Crippen molar-refractivity contribution >= 4 is 0 Å². The van der Waals surface area contributed by atoms with Crippen molar-refractivity contribution < 1.29 is 5.11 Å². The van der Waals surface area contributed by atoms with E-state index in [0.717, 1.165) is 11.1 Å². The van der Waals surface area contributed by atoms with Gasteiger partial charge < -0.3 is 5.11 Å². The maximum absolute atomic E-state index is 10.4. The normalized spacial score (nSPS) is 12.3. The first-order chi connectivity index (χ1) is 7.59. The largest absolute Gasteiger partial charge is 0.507 e. The second kappa shape index (κ2) is 4.07. The van der Waals surface area contributed by atoms with Gasteiger partial charge >= 0.3 is 0 Å². The third kappa shape index (κ3) is 2.61. The molecule has 0 fully saturated rings. The molecular formula is C15H21NO. The van der Waals surface area contributed by atoms with Gasteiger partial charge in [0, 0.05) is 5.56 Å². The zero-order valence-corrected chi connectivity index (χ0v) is 11.5. The minimum Gasteiger partial charge on any atom is -0.507 e. The van der Waals surface area contributed by atoms with Gasteiger partial charge in [-0.3, -0.25) is 0 Å². The highest BCUT2D eigenvalue weighted by Crippen LogP contribution is 2.40. The van der Waals surface area contributed by atoms with E-state index in [9.17, 15) is 5.11 Å². The van der Waals surface area contributed by atoms with Crippen LogP contribution in [0.2, 0.25) is 0 Å². The summed E-state index contributed by atoms with van der Waals surface area (Å²) in [6, 6.07) is 5.82. The Labute approximate surface area is 104 Å². The number of phenols is 1. The first-order valence-electron chi connectivity index (χ1n) is 5.86. The van der Waals surface area contributed by atoms with Gasteiger partial charge in [0.2, 0.25) is 0 Å². The molecule has 0 amide bonds. The van der Waals surface area contributed by atoms with E-state index in [2.05, 4.69) is 26.8 Å². The molecule has 1 N–H and O–H groups in total. The molecular weight excluding hydrogens is 210 g/mol. The molecule has 0 atom stereocenters. The van der Waals surface area contributed by atoms with E-state index < -0.39 is 0 Å². The molecule has 1 aromatic carbocycles. The number of aromatic hydroxyl groups is 1. The number of benzene rings is 1. The van der Waals surface area contributed by atoms with Crippen molar-refractivity contribution in [1.82, 2.24) is 0 Å². The average Bonchev–Trinajstić information content (AvgIpc) is 2.12. The van der Waals surface area contributed by atoms with Crippen molar-refractivity contribution in [2.75, 3.05) is 0 Å². The summed E-state index contributed by atoms with van der Waals surface area (Å²) in [7, 11) is 0. The molecule has 0 saturated carbocycles. The highest BCUT2D eigenvalue weighted by atomic mass is 16.3. The van der Waals surface area contributed by atoms with E-state index in [0.29, 0.717) is 5.56 Å². The van der Waals surface area contributed by atoms with Gasteiger partial charge in [0.05, 0.1) is 11.6 Å². The van der Waals surface area contributed by atoms with Crippen LogP contribution in [0.15, 0.2) is 12.1 Å². The van der Waals surface area contributed by atoms with Gasteiger partial charge in [0.15, 0.2) is 0 Å². The molecule has 2 heteroatoms. The predicted molar refractivity (Wildman–Crippen MR) is 70.2 cm³/mol. The summed E-state index contributed by atoms with van der Waals surface area (Å²) in [6.07, 6.45) is 0. The molecule has 2 nitrogen and oxygen atoms in total. The van der Waals surface area contributed by atoms with E-state index >= 15 is 0 Å². The van der Waals surface area contributed by atoms with Crippen molar-refractivity contribution in [1.29, 1.82) is 5.26 Å². The number of hydrogen-bond acceptors (Lipinski definition) is 2. The molecule has 92 valence electrons. The number of phenolic OH excluding ortho intramolecular Hbond substituents is 1. The fourth-order valence-corrected chi connectivity index (χ4v) is 2.05. The Morgan fingerprint density at radius 2 is 1.53 bits per heavy atom. The molecule has 0 aliphatic heterocycles. The molecule has 0 aliphatic rings. The Morgan fingerprint density at radius 3 is 1.88 bits per heavy atom. The number of nitriles is 1. The van der Waals surface area contributed by atoms with Gasteiger partial charge in [0.1, 0.15) is 5.75 Å². The van der Waals surface area contributed by atoms with Crippen LogP contribution in [0.25, 0.3) is 0 Å². The molecule has 17 heavy (non-hydrogen) atoms. The molecule has 0 unspecified atom stereocenters. The SMILES string of the molecule is CC(C)(C)c1ccc(C#N)c(C(C)(C)C)c1O. The van der Waals surface area contributed by atoms with Crippen molar-refractivity contribution in [2.45, 2.75) is 52.4 Å². The van der Waals surface area contributed by atoms with E-state index in [1.165, 1.54) is 0 Å². The third-order valence-electron chi connectivity index (χ3n) is 2.86. The van der Waals surface area contributed by atoms with Gasteiger partial charge in [-0.15, -0.1) is 0 Å². The Hall–Kier alpha value is -1.49. The minimum atomic E-state index is -0.240. The summed E-state index contributed by atoms with van der Waals surface area (Å²) in [6.45, 7) is 12.2. The smallest absolute Gasteiger partial charge is 0.124 e. The van der Waals surface area contributed by atoms with Gasteiger partial charge in [-0.05, 0) is 22.5 Å². The van der Waals surface area contributed by atoms with Crippen LogP contribution < -0.4 is 0 Å². The molecule has 0 radical (unpaired) electrons. The average molecular weight is 231 g/mol. The lowest BCUT2D eigenvalue weighted by Gasteiger charge is -2.27. The van der Waals surface area contributed by atoms with E-state index in [-0.39, 0.29) is 16.6 Å². The Kier molecular flexibility index (Phi) is 3.25. The third-order valence-corrected chi connectivity index (χ3v) is 2.86. The summed E-state index contributed by atoms with van der Waals surface area (Å²) in [5, 5.41) is 19.6. The van der Waals surface area contributed by atoms with Crippen LogP contribution in [0, 0.1) is 11.3 Å². The Bertz CT molecular complexity index is 467. The Balaban J connectivity index is 3.63. The maximum atomic E-state index is 10.4. The van der Waals surface area contributed by atoms with E-state index in [1.54, 1.807) is 6.07 Å². The molecule has 0 aliphatic carbocycles. The van der Waals surface area contributed by atoms with Crippen LogP contribution in [0.5, 0.6) is 5.75 Å². The van der Waals surface area contributed by atoms with E-state index in [1.807, 2.05) is 26.8 Å². The van der Waals surface area contributed by atoms with Gasteiger partial charge in [-0.2, -0.15) is 5.26 Å². The van der Waals surface area contributed by atoms with Gasteiger partial charge in [-0.1, -0.05) is 47.6 Å². The van der Waals surface area contributed by atoms with Crippen LogP contribution in [-0.4, -0.2) is 5.11 Å². The lowest BCUT2D eigenvalue weighted by atomic mass is 9.77. The highest BCUT2D eigenvalue weighted by molar-refractivity contribution is 5.55. The molecule has 0 spiro atoms. The van der Waals surface area contributed by atoms with Crippen molar-refractivity contribution in [3.05, 3.63) is 28.8 Å². The molecule has 0 aromatic heterocycles. The number of hydrogen-bond donors (Lipinski definition) is 1. The number of rotatable bonds is 0. The Morgan fingerprint density at radius 1 is 1.00 bits per heavy atom. The fraction of sp³-hybridized carbons (Fsp3) is 0.533. The lowest BCUT2D eigenvalue weighted by molar-refractivity contribution is 0.423. The molecule has 0 bridgehead atoms. The topological polar surface area (TPSA) is 44.0 Å².